The van der Waals surface area contributed by atoms with E-state index >= 15 is 0 Å². The van der Waals surface area contributed by atoms with Gasteiger partial charge in [-0.1, -0.05) is 71.8 Å². The summed E-state index contributed by atoms with van der Waals surface area (Å²) in [6.45, 7) is 16.2. The number of aliphatic hydroxyl groups excluding tert-OH is 3. The van der Waals surface area contributed by atoms with Crippen LogP contribution < -0.4 is 0 Å². The Balaban J connectivity index is 0.000000532. The number of allylic oxidation sites excluding steroid dienone is 4. The second kappa shape index (κ2) is 12.6. The fraction of sp³-hybridized carbons (Fsp3) is 0.857. The van der Waals surface area contributed by atoms with E-state index in [4.69, 9.17) is 15.3 Å². The summed E-state index contributed by atoms with van der Waals surface area (Å²) in [6, 6.07) is 0. The third kappa shape index (κ3) is 6.24. The Bertz CT molecular complexity index is 584. The second-order valence-electron chi connectivity index (χ2n) is 11.0. The summed E-state index contributed by atoms with van der Waals surface area (Å²) in [4.78, 5) is 0. The van der Waals surface area contributed by atoms with Crippen molar-refractivity contribution in [3.63, 3.8) is 0 Å². The highest BCUT2D eigenvalue weighted by Crippen LogP contribution is 2.62. The van der Waals surface area contributed by atoms with Crippen molar-refractivity contribution in [2.75, 3.05) is 20.3 Å². The number of hydrogen-bond donors (Lipinski definition) is 3. The zero-order valence-electron chi connectivity index (χ0n) is 21.7. The van der Waals surface area contributed by atoms with Gasteiger partial charge in [0, 0.05) is 7.11 Å². The standard InChI is InChI=1S/C23H36.C2H6O2.C2H6.CH4O/c1-15-12-13-23(5)16(14-15)6-7-19-17-8-10-20(22(2,3)4)18(17)9-11-21(19)23;3-1-2-4;2*1-2/h6,8,15,18-21H,7,9-14H2,1-5H3;3-4H,1-2H2;1-2H3;2H,1H3/t15-,18?,19?,20?,21?,23-;;;/m0.../s1. The highest BCUT2D eigenvalue weighted by Gasteiger charge is 2.52. The second-order valence-corrected chi connectivity index (χ2v) is 11.0. The molecule has 3 heteroatoms. The van der Waals surface area contributed by atoms with Gasteiger partial charge in [-0.2, -0.15) is 0 Å². The largest absolute Gasteiger partial charge is 0.400 e. The van der Waals surface area contributed by atoms with Gasteiger partial charge in [0.25, 0.3) is 0 Å². The fourth-order valence-corrected chi connectivity index (χ4v) is 6.84. The molecule has 4 rings (SSSR count). The molecular formula is C28H52O3. The van der Waals surface area contributed by atoms with Crippen molar-refractivity contribution >= 4 is 0 Å². The Labute approximate surface area is 193 Å². The topological polar surface area (TPSA) is 60.7 Å². The van der Waals surface area contributed by atoms with Gasteiger partial charge in [-0.15, -0.1) is 0 Å². The predicted molar refractivity (Wildman–Crippen MR) is 133 cm³/mol. The number of fused-ring (bicyclic) bond motifs is 5. The number of aliphatic hydroxyl groups is 3. The highest BCUT2D eigenvalue weighted by atomic mass is 16.3. The minimum Gasteiger partial charge on any atom is -0.400 e. The lowest BCUT2D eigenvalue weighted by Gasteiger charge is -2.54. The van der Waals surface area contributed by atoms with Crippen molar-refractivity contribution in [1.29, 1.82) is 0 Å². The van der Waals surface area contributed by atoms with Crippen LogP contribution in [0.4, 0.5) is 0 Å². The molecule has 0 aromatic heterocycles. The molecule has 0 aromatic rings. The quantitative estimate of drug-likeness (QED) is 0.418. The van der Waals surface area contributed by atoms with Crippen molar-refractivity contribution in [2.24, 2.45) is 40.4 Å². The van der Waals surface area contributed by atoms with E-state index in [0.717, 1.165) is 36.7 Å². The zero-order chi connectivity index (χ0) is 23.8. The first-order chi connectivity index (χ1) is 14.7. The van der Waals surface area contributed by atoms with Crippen molar-refractivity contribution in [3.8, 4) is 0 Å². The first-order valence-electron chi connectivity index (χ1n) is 12.8. The van der Waals surface area contributed by atoms with E-state index in [1.54, 1.807) is 0 Å². The molecule has 0 heterocycles. The normalized spacial score (nSPS) is 35.8. The monoisotopic (exact) mass is 436 g/mol. The van der Waals surface area contributed by atoms with Crippen LogP contribution in [0.1, 0.15) is 93.4 Å². The van der Waals surface area contributed by atoms with Crippen molar-refractivity contribution in [2.45, 2.75) is 93.4 Å². The molecule has 31 heavy (non-hydrogen) atoms. The van der Waals surface area contributed by atoms with Gasteiger partial charge in [-0.25, -0.2) is 0 Å². The molecular weight excluding hydrogens is 384 g/mol. The van der Waals surface area contributed by atoms with E-state index in [2.05, 4.69) is 46.8 Å². The minimum atomic E-state index is -0.125. The van der Waals surface area contributed by atoms with Gasteiger partial charge in [-0.3, -0.25) is 0 Å². The molecule has 3 nitrogen and oxygen atoms in total. The molecule has 6 atom stereocenters. The third-order valence-corrected chi connectivity index (χ3v) is 8.33. The van der Waals surface area contributed by atoms with Gasteiger partial charge in [0.15, 0.2) is 0 Å². The van der Waals surface area contributed by atoms with Crippen LogP contribution in [-0.4, -0.2) is 35.6 Å². The predicted octanol–water partition coefficient (Wildman–Crippen LogP) is 6.38. The summed E-state index contributed by atoms with van der Waals surface area (Å²) >= 11 is 0. The SMILES string of the molecule is CC.CO.C[C@H]1CC[C@@]2(C)C(=CCC3C4=CCC(C(C)(C)C)C4CCC32)C1.OCCO. The average Bonchev–Trinajstić information content (AvgIpc) is 3.22. The number of hydrogen-bond acceptors (Lipinski definition) is 3. The Morgan fingerprint density at radius 1 is 0.935 bits per heavy atom. The van der Waals surface area contributed by atoms with Crippen molar-refractivity contribution < 1.29 is 15.3 Å². The summed E-state index contributed by atoms with van der Waals surface area (Å²) in [7, 11) is 1.00. The summed E-state index contributed by atoms with van der Waals surface area (Å²) < 4.78 is 0. The maximum absolute atomic E-state index is 7.62. The number of rotatable bonds is 1. The summed E-state index contributed by atoms with van der Waals surface area (Å²) in [5, 5.41) is 22.2. The van der Waals surface area contributed by atoms with Crippen molar-refractivity contribution in [1.82, 2.24) is 0 Å². The Hall–Kier alpha value is -0.640. The lowest BCUT2D eigenvalue weighted by atomic mass is 9.50. The third-order valence-electron chi connectivity index (χ3n) is 8.33. The van der Waals surface area contributed by atoms with Crippen LogP contribution in [0.25, 0.3) is 0 Å². The summed E-state index contributed by atoms with van der Waals surface area (Å²) in [6.07, 6.45) is 15.3. The Morgan fingerprint density at radius 2 is 1.55 bits per heavy atom. The molecule has 0 aliphatic heterocycles. The molecule has 0 aromatic carbocycles. The van der Waals surface area contributed by atoms with Crippen LogP contribution in [-0.2, 0) is 0 Å². The van der Waals surface area contributed by atoms with Crippen LogP contribution in [0, 0.1) is 40.4 Å². The first-order valence-corrected chi connectivity index (χ1v) is 12.8. The van der Waals surface area contributed by atoms with Crippen LogP contribution >= 0.6 is 0 Å². The molecule has 4 unspecified atom stereocenters. The molecule has 0 saturated heterocycles. The van der Waals surface area contributed by atoms with Crippen LogP contribution in [0.15, 0.2) is 23.3 Å². The molecule has 182 valence electrons. The Morgan fingerprint density at radius 3 is 2.10 bits per heavy atom. The maximum Gasteiger partial charge on any atom is 0.0662 e. The molecule has 3 N–H and O–H groups in total. The smallest absolute Gasteiger partial charge is 0.0662 e. The summed E-state index contributed by atoms with van der Waals surface area (Å²) in [5.41, 5.74) is 4.72. The van der Waals surface area contributed by atoms with E-state index in [1.165, 1.54) is 44.9 Å². The van der Waals surface area contributed by atoms with Gasteiger partial charge in [-0.05, 0) is 85.4 Å². The minimum absolute atomic E-state index is 0.125. The van der Waals surface area contributed by atoms with E-state index < -0.39 is 0 Å². The molecule has 4 aliphatic carbocycles. The van der Waals surface area contributed by atoms with Gasteiger partial charge in [0.1, 0.15) is 0 Å². The molecule has 0 bridgehead atoms. The summed E-state index contributed by atoms with van der Waals surface area (Å²) in [5.74, 6) is 4.53. The van der Waals surface area contributed by atoms with Crippen LogP contribution in [0.2, 0.25) is 0 Å². The van der Waals surface area contributed by atoms with E-state index in [-0.39, 0.29) is 13.2 Å². The van der Waals surface area contributed by atoms with E-state index in [9.17, 15) is 0 Å². The molecule has 0 radical (unpaired) electrons. The molecule has 2 fully saturated rings. The highest BCUT2D eigenvalue weighted by molar-refractivity contribution is 5.31. The lowest BCUT2D eigenvalue weighted by molar-refractivity contribution is 0.0580. The van der Waals surface area contributed by atoms with Crippen LogP contribution in [0.5, 0.6) is 0 Å². The molecule has 0 spiro atoms. The van der Waals surface area contributed by atoms with Crippen LogP contribution in [0.3, 0.4) is 0 Å². The van der Waals surface area contributed by atoms with Gasteiger partial charge < -0.3 is 15.3 Å². The van der Waals surface area contributed by atoms with Gasteiger partial charge in [0.2, 0.25) is 0 Å². The average molecular weight is 437 g/mol. The van der Waals surface area contributed by atoms with E-state index in [1.807, 2.05) is 25.0 Å². The maximum atomic E-state index is 7.62. The first kappa shape index (κ1) is 28.4. The van der Waals surface area contributed by atoms with Crippen molar-refractivity contribution in [3.05, 3.63) is 23.3 Å². The zero-order valence-corrected chi connectivity index (χ0v) is 21.7. The van der Waals surface area contributed by atoms with Gasteiger partial charge in [0.05, 0.1) is 13.2 Å². The molecule has 0 amide bonds. The molecule has 4 aliphatic rings. The van der Waals surface area contributed by atoms with E-state index in [0.29, 0.717) is 10.8 Å². The molecule has 2 saturated carbocycles. The Kier molecular flexibility index (Phi) is 11.5. The fourth-order valence-electron chi connectivity index (χ4n) is 6.84. The lowest BCUT2D eigenvalue weighted by Crippen LogP contribution is -2.45. The van der Waals surface area contributed by atoms with Gasteiger partial charge >= 0.3 is 0 Å².